The molecule has 1 atom stereocenters. The van der Waals surface area contributed by atoms with Crippen molar-refractivity contribution in [2.45, 2.75) is 32.5 Å². The normalized spacial score (nSPS) is 12.8. The highest BCUT2D eigenvalue weighted by Crippen LogP contribution is 2.25. The molecule has 126 valence electrons. The molecule has 0 spiro atoms. The molecule has 1 unspecified atom stereocenters. The summed E-state index contributed by atoms with van der Waals surface area (Å²) in [7, 11) is 2.04. The summed E-state index contributed by atoms with van der Waals surface area (Å²) in [5, 5.41) is 23.1. The van der Waals surface area contributed by atoms with Gasteiger partial charge in [0, 0.05) is 17.7 Å². The Labute approximate surface area is 136 Å². The minimum absolute atomic E-state index is 0.195. The zero-order valence-corrected chi connectivity index (χ0v) is 13.6. The number of aliphatic hydroxyl groups excluding tert-OH is 2. The van der Waals surface area contributed by atoms with Gasteiger partial charge in [0.15, 0.2) is 0 Å². The second-order valence-electron chi connectivity index (χ2n) is 5.78. The molecule has 2 aromatic rings. The van der Waals surface area contributed by atoms with Crippen LogP contribution in [-0.4, -0.2) is 51.2 Å². The number of halogens is 1. The molecule has 0 bridgehead atoms. The van der Waals surface area contributed by atoms with E-state index in [-0.39, 0.29) is 19.0 Å². The van der Waals surface area contributed by atoms with E-state index in [0.717, 1.165) is 36.3 Å². The largest absolute Gasteiger partial charge is 0.394 e. The first-order valence-corrected chi connectivity index (χ1v) is 7.83. The summed E-state index contributed by atoms with van der Waals surface area (Å²) in [6.45, 7) is 3.68. The van der Waals surface area contributed by atoms with Crippen molar-refractivity contribution in [1.82, 2.24) is 14.7 Å². The molecule has 0 aliphatic rings. The number of benzene rings is 1. The Bertz CT molecular complexity index is 613. The van der Waals surface area contributed by atoms with Crippen molar-refractivity contribution in [1.29, 1.82) is 0 Å². The fourth-order valence-electron chi connectivity index (χ4n) is 2.63. The number of aromatic nitrogens is 2. The molecular formula is C17H24FN3O2. The van der Waals surface area contributed by atoms with Crippen LogP contribution >= 0.6 is 0 Å². The molecule has 0 aliphatic carbocycles. The van der Waals surface area contributed by atoms with Crippen molar-refractivity contribution in [2.75, 3.05) is 20.2 Å². The van der Waals surface area contributed by atoms with Gasteiger partial charge in [-0.05, 0) is 44.3 Å². The molecule has 0 radical (unpaired) electrons. The van der Waals surface area contributed by atoms with E-state index in [2.05, 4.69) is 16.9 Å². The zero-order valence-electron chi connectivity index (χ0n) is 13.6. The van der Waals surface area contributed by atoms with Gasteiger partial charge in [-0.15, -0.1) is 0 Å². The number of hydrogen-bond acceptors (Lipinski definition) is 4. The SMILES string of the molecule is CCCN(C)Cc1cnn(CC(O)CO)c1-c1ccc(F)cc1. The van der Waals surface area contributed by atoms with E-state index in [1.165, 1.54) is 12.1 Å². The first kappa shape index (κ1) is 17.6. The van der Waals surface area contributed by atoms with Crippen molar-refractivity contribution >= 4 is 0 Å². The molecule has 2 N–H and O–H groups in total. The predicted molar refractivity (Wildman–Crippen MR) is 87.3 cm³/mol. The summed E-state index contributed by atoms with van der Waals surface area (Å²) in [6, 6.07) is 6.23. The maximum atomic E-state index is 13.2. The van der Waals surface area contributed by atoms with Crippen molar-refractivity contribution in [3.8, 4) is 11.3 Å². The summed E-state index contributed by atoms with van der Waals surface area (Å²) in [4.78, 5) is 2.19. The van der Waals surface area contributed by atoms with Gasteiger partial charge in [-0.3, -0.25) is 4.68 Å². The molecule has 0 saturated carbocycles. The van der Waals surface area contributed by atoms with Gasteiger partial charge in [-0.25, -0.2) is 4.39 Å². The molecule has 23 heavy (non-hydrogen) atoms. The monoisotopic (exact) mass is 321 g/mol. The molecule has 0 amide bonds. The molecule has 6 heteroatoms. The lowest BCUT2D eigenvalue weighted by Gasteiger charge is -2.17. The van der Waals surface area contributed by atoms with Crippen molar-refractivity contribution < 1.29 is 14.6 Å². The van der Waals surface area contributed by atoms with Crippen LogP contribution < -0.4 is 0 Å². The van der Waals surface area contributed by atoms with Crippen LogP contribution in [0, 0.1) is 5.82 Å². The van der Waals surface area contributed by atoms with Gasteiger partial charge in [-0.1, -0.05) is 6.92 Å². The standard InChI is InChI=1S/C17H24FN3O2/c1-3-8-20(2)10-14-9-19-21(11-16(23)12-22)17(14)13-4-6-15(18)7-5-13/h4-7,9,16,22-23H,3,8,10-12H2,1-2H3. The highest BCUT2D eigenvalue weighted by Gasteiger charge is 2.16. The maximum absolute atomic E-state index is 13.2. The Morgan fingerprint density at radius 3 is 2.61 bits per heavy atom. The van der Waals surface area contributed by atoms with Crippen LogP contribution in [0.4, 0.5) is 4.39 Å². The fraction of sp³-hybridized carbons (Fsp3) is 0.471. The second-order valence-corrected chi connectivity index (χ2v) is 5.78. The second kappa shape index (κ2) is 8.19. The van der Waals surface area contributed by atoms with Gasteiger partial charge in [0.2, 0.25) is 0 Å². The van der Waals surface area contributed by atoms with Gasteiger partial charge in [0.25, 0.3) is 0 Å². The van der Waals surface area contributed by atoms with Crippen LogP contribution in [0.1, 0.15) is 18.9 Å². The van der Waals surface area contributed by atoms with E-state index in [1.54, 1.807) is 23.0 Å². The average molecular weight is 321 g/mol. The Balaban J connectivity index is 2.36. The van der Waals surface area contributed by atoms with Crippen LogP contribution in [0.15, 0.2) is 30.5 Å². The molecule has 0 fully saturated rings. The zero-order chi connectivity index (χ0) is 16.8. The number of aliphatic hydroxyl groups is 2. The molecular weight excluding hydrogens is 297 g/mol. The molecule has 0 saturated heterocycles. The van der Waals surface area contributed by atoms with Gasteiger partial charge in [0.1, 0.15) is 5.82 Å². The van der Waals surface area contributed by atoms with Gasteiger partial charge in [-0.2, -0.15) is 5.10 Å². The minimum atomic E-state index is -0.879. The molecule has 1 aromatic heterocycles. The van der Waals surface area contributed by atoms with Gasteiger partial charge < -0.3 is 15.1 Å². The van der Waals surface area contributed by atoms with E-state index >= 15 is 0 Å². The molecule has 0 aliphatic heterocycles. The summed E-state index contributed by atoms with van der Waals surface area (Å²) in [6.07, 6.45) is 1.95. The van der Waals surface area contributed by atoms with Crippen LogP contribution in [0.2, 0.25) is 0 Å². The molecule has 2 rings (SSSR count). The summed E-state index contributed by atoms with van der Waals surface area (Å²) in [5.41, 5.74) is 2.70. The van der Waals surface area contributed by atoms with Crippen molar-refractivity contribution in [3.63, 3.8) is 0 Å². The van der Waals surface area contributed by atoms with E-state index in [4.69, 9.17) is 5.11 Å². The van der Waals surface area contributed by atoms with E-state index < -0.39 is 6.10 Å². The van der Waals surface area contributed by atoms with E-state index in [1.807, 2.05) is 7.05 Å². The van der Waals surface area contributed by atoms with Crippen LogP contribution in [0.5, 0.6) is 0 Å². The Hall–Kier alpha value is -1.76. The first-order valence-electron chi connectivity index (χ1n) is 7.83. The Kier molecular flexibility index (Phi) is 6.27. The lowest BCUT2D eigenvalue weighted by atomic mass is 10.1. The highest BCUT2D eigenvalue weighted by molar-refractivity contribution is 5.63. The van der Waals surface area contributed by atoms with Gasteiger partial charge >= 0.3 is 0 Å². The predicted octanol–water partition coefficient (Wildman–Crippen LogP) is 1.88. The summed E-state index contributed by atoms with van der Waals surface area (Å²) in [5.74, 6) is -0.292. The Morgan fingerprint density at radius 1 is 1.30 bits per heavy atom. The highest BCUT2D eigenvalue weighted by atomic mass is 19.1. The van der Waals surface area contributed by atoms with E-state index in [0.29, 0.717) is 0 Å². The molecule has 5 nitrogen and oxygen atoms in total. The van der Waals surface area contributed by atoms with Crippen molar-refractivity contribution in [2.24, 2.45) is 0 Å². The summed E-state index contributed by atoms with van der Waals surface area (Å²) >= 11 is 0. The van der Waals surface area contributed by atoms with E-state index in [9.17, 15) is 9.50 Å². The van der Waals surface area contributed by atoms with Crippen LogP contribution in [-0.2, 0) is 13.1 Å². The third-order valence-electron chi connectivity index (χ3n) is 3.67. The number of nitrogens with zero attached hydrogens (tertiary/aromatic N) is 3. The quantitative estimate of drug-likeness (QED) is 0.779. The molecule has 1 aromatic carbocycles. The lowest BCUT2D eigenvalue weighted by molar-refractivity contribution is 0.0786. The number of hydrogen-bond donors (Lipinski definition) is 2. The van der Waals surface area contributed by atoms with Crippen LogP contribution in [0.3, 0.4) is 0 Å². The number of rotatable bonds is 8. The fourth-order valence-corrected chi connectivity index (χ4v) is 2.63. The first-order chi connectivity index (χ1) is 11.0. The smallest absolute Gasteiger partial charge is 0.123 e. The van der Waals surface area contributed by atoms with Gasteiger partial charge in [0.05, 0.1) is 31.1 Å². The third-order valence-corrected chi connectivity index (χ3v) is 3.67. The maximum Gasteiger partial charge on any atom is 0.123 e. The van der Waals surface area contributed by atoms with Crippen molar-refractivity contribution in [3.05, 3.63) is 41.8 Å². The molecule has 1 heterocycles. The van der Waals surface area contributed by atoms with Crippen LogP contribution in [0.25, 0.3) is 11.3 Å². The average Bonchev–Trinajstić information content (AvgIpc) is 2.90. The Morgan fingerprint density at radius 2 is 2.00 bits per heavy atom. The minimum Gasteiger partial charge on any atom is -0.394 e. The lowest BCUT2D eigenvalue weighted by Crippen LogP contribution is -2.22. The third kappa shape index (κ3) is 4.60. The topological polar surface area (TPSA) is 61.5 Å². The summed E-state index contributed by atoms with van der Waals surface area (Å²) < 4.78 is 14.9.